The van der Waals surface area contributed by atoms with Crippen molar-refractivity contribution in [2.75, 3.05) is 13.1 Å². The van der Waals surface area contributed by atoms with Gasteiger partial charge < -0.3 is 20.5 Å². The number of aliphatic carboxylic acids is 1. The summed E-state index contributed by atoms with van der Waals surface area (Å²) in [6, 6.07) is 4.99. The smallest absolute Gasteiger partial charge is 0.416 e. The number of hydrogen-bond acceptors (Lipinski definition) is 4. The van der Waals surface area contributed by atoms with Gasteiger partial charge in [0, 0.05) is 24.7 Å². The molecule has 7 nitrogen and oxygen atoms in total. The molecule has 0 radical (unpaired) electrons. The minimum Gasteiger partial charge on any atom is -0.487 e. The predicted molar refractivity (Wildman–Crippen MR) is 116 cm³/mol. The summed E-state index contributed by atoms with van der Waals surface area (Å²) in [6.07, 6.45) is -3.53. The molecule has 0 saturated heterocycles. The zero-order valence-electron chi connectivity index (χ0n) is 18.8. The first-order valence-electron chi connectivity index (χ1n) is 11.1. The number of carboxylic acid groups (broad SMARTS) is 1. The zero-order valence-corrected chi connectivity index (χ0v) is 18.8. The highest BCUT2D eigenvalue weighted by atomic mass is 19.4. The second-order valence-electron chi connectivity index (χ2n) is 8.28. The van der Waals surface area contributed by atoms with E-state index < -0.39 is 58.7 Å². The van der Waals surface area contributed by atoms with Crippen LogP contribution in [0.25, 0.3) is 0 Å². The number of hydrogen-bond donors (Lipinski definition) is 3. The normalized spacial score (nSPS) is 17.8. The van der Waals surface area contributed by atoms with Crippen LogP contribution in [0.3, 0.4) is 0 Å². The van der Waals surface area contributed by atoms with Crippen LogP contribution in [0.1, 0.15) is 52.0 Å². The van der Waals surface area contributed by atoms with Crippen molar-refractivity contribution < 1.29 is 46.2 Å². The van der Waals surface area contributed by atoms with Crippen LogP contribution in [0, 0.1) is 17.6 Å². The van der Waals surface area contributed by atoms with Gasteiger partial charge in [0.25, 0.3) is 11.8 Å². The lowest BCUT2D eigenvalue weighted by Crippen LogP contribution is -2.35. The number of carbonyl (C=O) groups excluding carboxylic acids is 2. The monoisotopic (exact) mass is 514 g/mol. The van der Waals surface area contributed by atoms with Gasteiger partial charge in [-0.1, -0.05) is 0 Å². The maximum atomic E-state index is 14.4. The predicted octanol–water partition coefficient (Wildman–Crippen LogP) is 4.17. The SMILES string of the molecule is O=C(NCCNC(=O)c1cc(F)c(O[C@H]2CC[C@@H](C(=O)O)CC2)cc1F)c1ccc(C(F)(F)F)cc1. The van der Waals surface area contributed by atoms with Crippen LogP contribution in [0.4, 0.5) is 22.0 Å². The fraction of sp³-hybridized carbons (Fsp3) is 0.375. The Labute approximate surface area is 202 Å². The first kappa shape index (κ1) is 26.9. The van der Waals surface area contributed by atoms with E-state index in [4.69, 9.17) is 9.84 Å². The van der Waals surface area contributed by atoms with Crippen molar-refractivity contribution in [3.63, 3.8) is 0 Å². The van der Waals surface area contributed by atoms with Gasteiger partial charge in [-0.25, -0.2) is 8.78 Å². The van der Waals surface area contributed by atoms with Crippen molar-refractivity contribution >= 4 is 17.8 Å². The zero-order chi connectivity index (χ0) is 26.5. The molecule has 194 valence electrons. The summed E-state index contributed by atoms with van der Waals surface area (Å²) in [7, 11) is 0. The Bertz CT molecular complexity index is 1110. The Morgan fingerprint density at radius 3 is 2.03 bits per heavy atom. The Morgan fingerprint density at radius 1 is 0.889 bits per heavy atom. The molecule has 1 aliphatic carbocycles. The van der Waals surface area contributed by atoms with Crippen LogP contribution in [-0.4, -0.2) is 42.1 Å². The van der Waals surface area contributed by atoms with E-state index in [9.17, 15) is 36.3 Å². The Hall–Kier alpha value is -3.70. The van der Waals surface area contributed by atoms with Crippen molar-refractivity contribution in [1.29, 1.82) is 0 Å². The molecule has 0 bridgehead atoms. The molecule has 3 N–H and O–H groups in total. The van der Waals surface area contributed by atoms with Gasteiger partial charge in [0.1, 0.15) is 5.82 Å². The lowest BCUT2D eigenvalue weighted by molar-refractivity contribution is -0.143. The molecular weight excluding hydrogens is 491 g/mol. The van der Waals surface area contributed by atoms with Crippen LogP contribution in [0.5, 0.6) is 5.75 Å². The molecule has 0 heterocycles. The van der Waals surface area contributed by atoms with Crippen molar-refractivity contribution in [3.8, 4) is 5.75 Å². The fourth-order valence-electron chi connectivity index (χ4n) is 3.76. The number of carboxylic acids is 1. The van der Waals surface area contributed by atoms with Gasteiger partial charge in [-0.05, 0) is 56.0 Å². The fourth-order valence-corrected chi connectivity index (χ4v) is 3.76. The Morgan fingerprint density at radius 2 is 1.47 bits per heavy atom. The molecule has 2 aromatic carbocycles. The highest BCUT2D eigenvalue weighted by Crippen LogP contribution is 2.30. The summed E-state index contributed by atoms with van der Waals surface area (Å²) < 4.78 is 72.1. The lowest BCUT2D eigenvalue weighted by atomic mass is 9.87. The number of benzene rings is 2. The third-order valence-electron chi connectivity index (χ3n) is 5.75. The summed E-state index contributed by atoms with van der Waals surface area (Å²) in [6.45, 7) is -0.271. The molecule has 0 spiro atoms. The molecule has 1 saturated carbocycles. The van der Waals surface area contributed by atoms with Crippen LogP contribution < -0.4 is 15.4 Å². The second-order valence-corrected chi connectivity index (χ2v) is 8.28. The van der Waals surface area contributed by atoms with E-state index in [-0.39, 0.29) is 24.4 Å². The number of rotatable bonds is 8. The lowest BCUT2D eigenvalue weighted by Gasteiger charge is -2.27. The second kappa shape index (κ2) is 11.4. The summed E-state index contributed by atoms with van der Waals surface area (Å²) in [5.74, 6) is -5.38. The van der Waals surface area contributed by atoms with Gasteiger partial charge in [-0.3, -0.25) is 14.4 Å². The molecule has 2 amide bonds. The molecule has 2 aromatic rings. The van der Waals surface area contributed by atoms with E-state index in [0.29, 0.717) is 31.7 Å². The number of amides is 2. The minimum atomic E-state index is -4.53. The van der Waals surface area contributed by atoms with Crippen molar-refractivity contribution in [2.24, 2.45) is 5.92 Å². The number of alkyl halides is 3. The maximum absolute atomic E-state index is 14.4. The minimum absolute atomic E-state index is 0.0190. The number of halogens is 5. The first-order chi connectivity index (χ1) is 17.0. The van der Waals surface area contributed by atoms with E-state index in [1.807, 2.05) is 0 Å². The summed E-state index contributed by atoms with van der Waals surface area (Å²) in [5, 5.41) is 13.7. The summed E-state index contributed by atoms with van der Waals surface area (Å²) in [5.41, 5.74) is -1.50. The van der Waals surface area contributed by atoms with Crippen LogP contribution in [0.15, 0.2) is 36.4 Å². The van der Waals surface area contributed by atoms with E-state index in [1.54, 1.807) is 0 Å². The quantitative estimate of drug-likeness (QED) is 0.363. The standard InChI is InChI=1S/C24H23F5N2O5/c25-18-12-20(36-16-7-3-14(4-8-16)23(34)35)19(26)11-17(18)22(33)31-10-9-30-21(32)13-1-5-15(6-2-13)24(27,28)29/h1-2,5-6,11-12,14,16H,3-4,7-10H2,(H,30,32)(H,31,33)(H,34,35)/t14-,16+. The molecule has 12 heteroatoms. The molecule has 1 aliphatic rings. The molecule has 0 unspecified atom stereocenters. The number of nitrogens with one attached hydrogen (secondary N) is 2. The van der Waals surface area contributed by atoms with Crippen LogP contribution >= 0.6 is 0 Å². The van der Waals surface area contributed by atoms with Gasteiger partial charge in [-0.15, -0.1) is 0 Å². The molecule has 1 fully saturated rings. The first-order valence-corrected chi connectivity index (χ1v) is 11.1. The van der Waals surface area contributed by atoms with E-state index in [0.717, 1.165) is 30.3 Å². The number of carbonyl (C=O) groups is 3. The van der Waals surface area contributed by atoms with Crippen molar-refractivity contribution in [1.82, 2.24) is 10.6 Å². The van der Waals surface area contributed by atoms with Gasteiger partial charge in [0.05, 0.1) is 23.1 Å². The highest BCUT2D eigenvalue weighted by molar-refractivity contribution is 5.95. The molecule has 0 atom stereocenters. The van der Waals surface area contributed by atoms with Crippen molar-refractivity contribution in [2.45, 2.75) is 38.0 Å². The maximum Gasteiger partial charge on any atom is 0.416 e. The van der Waals surface area contributed by atoms with E-state index in [2.05, 4.69) is 10.6 Å². The average molecular weight is 514 g/mol. The van der Waals surface area contributed by atoms with Crippen LogP contribution in [0.2, 0.25) is 0 Å². The Balaban J connectivity index is 1.48. The van der Waals surface area contributed by atoms with Crippen molar-refractivity contribution in [3.05, 3.63) is 64.7 Å². The largest absolute Gasteiger partial charge is 0.487 e. The molecule has 0 aliphatic heterocycles. The van der Waals surface area contributed by atoms with E-state index in [1.165, 1.54) is 0 Å². The molecule has 36 heavy (non-hydrogen) atoms. The van der Waals surface area contributed by atoms with Crippen LogP contribution in [-0.2, 0) is 11.0 Å². The third-order valence-corrected chi connectivity index (χ3v) is 5.75. The average Bonchev–Trinajstić information content (AvgIpc) is 2.83. The third kappa shape index (κ3) is 6.92. The van der Waals surface area contributed by atoms with Gasteiger partial charge in [-0.2, -0.15) is 13.2 Å². The van der Waals surface area contributed by atoms with E-state index >= 15 is 0 Å². The molecule has 3 rings (SSSR count). The van der Waals surface area contributed by atoms with Gasteiger partial charge in [0.15, 0.2) is 11.6 Å². The van der Waals surface area contributed by atoms with Gasteiger partial charge in [0.2, 0.25) is 0 Å². The molecular formula is C24H23F5N2O5. The Kier molecular flexibility index (Phi) is 8.49. The number of ether oxygens (including phenoxy) is 1. The topological polar surface area (TPSA) is 105 Å². The summed E-state index contributed by atoms with van der Waals surface area (Å²) >= 11 is 0. The summed E-state index contributed by atoms with van der Waals surface area (Å²) in [4.78, 5) is 35.3. The van der Waals surface area contributed by atoms with Gasteiger partial charge >= 0.3 is 12.1 Å². The highest BCUT2D eigenvalue weighted by Gasteiger charge is 2.30. The molecule has 0 aromatic heterocycles.